The Hall–Kier alpha value is -4.06. The third-order valence-electron chi connectivity index (χ3n) is 6.60. The number of unbranched alkanes of at least 4 members (excludes halogenated alkanes) is 2. The zero-order chi connectivity index (χ0) is 26.2. The Morgan fingerprint density at radius 2 is 1.57 bits per heavy atom. The van der Waals surface area contributed by atoms with Crippen molar-refractivity contribution >= 4 is 17.4 Å². The van der Waals surface area contributed by atoms with Gasteiger partial charge in [-0.3, -0.25) is 9.59 Å². The van der Waals surface area contributed by atoms with Crippen molar-refractivity contribution in [3.63, 3.8) is 0 Å². The third kappa shape index (κ3) is 6.02. The van der Waals surface area contributed by atoms with Crippen molar-refractivity contribution < 1.29 is 24.2 Å². The highest BCUT2D eigenvalue weighted by Crippen LogP contribution is 2.39. The number of likely N-dealkylation sites (tertiary alicyclic amines) is 1. The number of hydrogen-bond donors (Lipinski definition) is 1. The Labute approximate surface area is 218 Å². The van der Waals surface area contributed by atoms with Crippen LogP contribution in [0.5, 0.6) is 11.5 Å². The lowest BCUT2D eigenvalue weighted by atomic mass is 9.95. The molecule has 37 heavy (non-hydrogen) atoms. The molecule has 1 heterocycles. The van der Waals surface area contributed by atoms with Crippen molar-refractivity contribution in [3.8, 4) is 11.5 Å². The van der Waals surface area contributed by atoms with E-state index in [9.17, 15) is 14.7 Å². The molecule has 0 spiro atoms. The molecule has 1 fully saturated rings. The summed E-state index contributed by atoms with van der Waals surface area (Å²) in [4.78, 5) is 28.0. The highest BCUT2D eigenvalue weighted by Gasteiger charge is 2.45. The van der Waals surface area contributed by atoms with Crippen molar-refractivity contribution in [1.82, 2.24) is 4.90 Å². The van der Waals surface area contributed by atoms with Gasteiger partial charge in [0, 0.05) is 12.1 Å². The van der Waals surface area contributed by atoms with E-state index in [1.165, 1.54) is 0 Å². The molecule has 1 amide bonds. The first kappa shape index (κ1) is 26.0. The maximum absolute atomic E-state index is 13.2. The van der Waals surface area contributed by atoms with Gasteiger partial charge < -0.3 is 19.5 Å². The topological polar surface area (TPSA) is 76.1 Å². The van der Waals surface area contributed by atoms with Gasteiger partial charge in [0.1, 0.15) is 17.3 Å². The molecule has 0 aromatic heterocycles. The molecule has 3 aromatic carbocycles. The van der Waals surface area contributed by atoms with E-state index in [2.05, 4.69) is 6.92 Å². The van der Waals surface area contributed by atoms with Crippen LogP contribution in [0, 0.1) is 0 Å². The minimum atomic E-state index is -0.680. The molecule has 6 heteroatoms. The maximum atomic E-state index is 13.2. The Balaban J connectivity index is 1.61. The lowest BCUT2D eigenvalue weighted by molar-refractivity contribution is -0.139. The molecule has 1 saturated heterocycles. The van der Waals surface area contributed by atoms with E-state index in [0.29, 0.717) is 30.9 Å². The van der Waals surface area contributed by atoms with E-state index in [1.54, 1.807) is 36.3 Å². The number of carbonyl (C=O) groups is 2. The summed E-state index contributed by atoms with van der Waals surface area (Å²) in [7, 11) is 1.61. The number of rotatable bonds is 11. The fraction of sp³-hybridized carbons (Fsp3) is 0.290. The summed E-state index contributed by atoms with van der Waals surface area (Å²) < 4.78 is 11.0. The smallest absolute Gasteiger partial charge is 0.295 e. The summed E-state index contributed by atoms with van der Waals surface area (Å²) in [6, 6.07) is 23.3. The SMILES string of the molecule is CCCCCOc1ccc(/C(O)=C2/C(=O)C(=O)N(CCc3ccc(OC)cc3)C2c2ccccc2)cc1. The molecule has 0 saturated carbocycles. The molecule has 6 nitrogen and oxygen atoms in total. The number of aliphatic hydroxyl groups is 1. The van der Waals surface area contributed by atoms with Gasteiger partial charge in [-0.05, 0) is 60.4 Å². The lowest BCUT2D eigenvalue weighted by Gasteiger charge is -2.25. The Kier molecular flexibility index (Phi) is 8.62. The van der Waals surface area contributed by atoms with Gasteiger partial charge in [0.2, 0.25) is 0 Å². The number of aliphatic hydroxyl groups excluding tert-OH is 1. The fourth-order valence-electron chi connectivity index (χ4n) is 4.54. The Morgan fingerprint density at radius 3 is 2.22 bits per heavy atom. The van der Waals surface area contributed by atoms with Crippen LogP contribution in [0.25, 0.3) is 5.76 Å². The first-order chi connectivity index (χ1) is 18.0. The molecule has 1 N–H and O–H groups in total. The lowest BCUT2D eigenvalue weighted by Crippen LogP contribution is -2.31. The summed E-state index contributed by atoms with van der Waals surface area (Å²) in [5.74, 6) is -0.0180. The summed E-state index contributed by atoms with van der Waals surface area (Å²) in [5.41, 5.74) is 2.36. The number of amides is 1. The number of ketones is 1. The number of benzene rings is 3. The monoisotopic (exact) mass is 499 g/mol. The molecule has 1 aliphatic heterocycles. The average Bonchev–Trinajstić information content (AvgIpc) is 3.20. The van der Waals surface area contributed by atoms with Crippen molar-refractivity contribution in [2.75, 3.05) is 20.3 Å². The summed E-state index contributed by atoms with van der Waals surface area (Å²) in [6.45, 7) is 3.10. The van der Waals surface area contributed by atoms with E-state index in [-0.39, 0.29) is 11.3 Å². The molecule has 0 bridgehead atoms. The van der Waals surface area contributed by atoms with Crippen LogP contribution < -0.4 is 9.47 Å². The minimum absolute atomic E-state index is 0.0996. The summed E-state index contributed by atoms with van der Waals surface area (Å²) in [6.07, 6.45) is 3.77. The van der Waals surface area contributed by atoms with Crippen molar-refractivity contribution in [3.05, 3.63) is 101 Å². The summed E-state index contributed by atoms with van der Waals surface area (Å²) in [5, 5.41) is 11.3. The largest absolute Gasteiger partial charge is 0.507 e. The van der Waals surface area contributed by atoms with Gasteiger partial charge in [-0.15, -0.1) is 0 Å². The first-order valence-corrected chi connectivity index (χ1v) is 12.7. The Morgan fingerprint density at radius 1 is 0.892 bits per heavy atom. The number of Topliss-reactive ketones (excluding diaryl/α,β-unsaturated/α-hetero) is 1. The number of nitrogens with zero attached hydrogens (tertiary/aromatic N) is 1. The van der Waals surface area contributed by atoms with Crippen LogP contribution in [0.3, 0.4) is 0 Å². The van der Waals surface area contributed by atoms with Crippen LogP contribution in [0.15, 0.2) is 84.4 Å². The summed E-state index contributed by atoms with van der Waals surface area (Å²) >= 11 is 0. The van der Waals surface area contributed by atoms with Gasteiger partial charge >= 0.3 is 0 Å². The molecule has 1 aliphatic rings. The highest BCUT2D eigenvalue weighted by atomic mass is 16.5. The fourth-order valence-corrected chi connectivity index (χ4v) is 4.54. The molecular weight excluding hydrogens is 466 g/mol. The van der Waals surface area contributed by atoms with Crippen molar-refractivity contribution in [2.24, 2.45) is 0 Å². The highest BCUT2D eigenvalue weighted by molar-refractivity contribution is 6.46. The number of hydrogen-bond acceptors (Lipinski definition) is 5. The van der Waals surface area contributed by atoms with E-state index < -0.39 is 17.7 Å². The van der Waals surface area contributed by atoms with Gasteiger partial charge in [-0.25, -0.2) is 0 Å². The van der Waals surface area contributed by atoms with Crippen LogP contribution in [0.2, 0.25) is 0 Å². The second-order valence-corrected chi connectivity index (χ2v) is 9.08. The van der Waals surface area contributed by atoms with E-state index in [4.69, 9.17) is 9.47 Å². The van der Waals surface area contributed by atoms with Crippen LogP contribution >= 0.6 is 0 Å². The predicted octanol–water partition coefficient (Wildman–Crippen LogP) is 5.93. The van der Waals surface area contributed by atoms with Gasteiger partial charge in [0.25, 0.3) is 11.7 Å². The van der Waals surface area contributed by atoms with E-state index >= 15 is 0 Å². The van der Waals surface area contributed by atoms with Gasteiger partial charge in [-0.1, -0.05) is 62.2 Å². The van der Waals surface area contributed by atoms with Crippen LogP contribution in [0.4, 0.5) is 0 Å². The number of ether oxygens (including phenoxy) is 2. The van der Waals surface area contributed by atoms with Crippen LogP contribution in [-0.2, 0) is 16.0 Å². The number of carbonyl (C=O) groups excluding carboxylic acids is 2. The molecule has 1 atom stereocenters. The third-order valence-corrected chi connectivity index (χ3v) is 6.60. The second kappa shape index (κ2) is 12.3. The minimum Gasteiger partial charge on any atom is -0.507 e. The van der Waals surface area contributed by atoms with Crippen molar-refractivity contribution in [2.45, 2.75) is 38.6 Å². The zero-order valence-electron chi connectivity index (χ0n) is 21.4. The van der Waals surface area contributed by atoms with Crippen molar-refractivity contribution in [1.29, 1.82) is 0 Å². The van der Waals surface area contributed by atoms with Crippen LogP contribution in [0.1, 0.15) is 48.9 Å². The molecule has 4 rings (SSSR count). The van der Waals surface area contributed by atoms with Gasteiger partial charge in [0.15, 0.2) is 0 Å². The average molecular weight is 500 g/mol. The maximum Gasteiger partial charge on any atom is 0.295 e. The molecule has 1 unspecified atom stereocenters. The molecular formula is C31H33NO5. The molecule has 3 aromatic rings. The normalized spacial score (nSPS) is 16.7. The molecule has 0 aliphatic carbocycles. The quantitative estimate of drug-likeness (QED) is 0.153. The standard InChI is InChI=1S/C31H33NO5/c1-3-4-8-21-37-26-17-13-24(14-18-26)29(33)27-28(23-9-6-5-7-10-23)32(31(35)30(27)34)20-19-22-11-15-25(36-2)16-12-22/h5-7,9-18,28,33H,3-4,8,19-21H2,1-2H3/b29-27-. The Bertz CT molecular complexity index is 1230. The second-order valence-electron chi connectivity index (χ2n) is 9.08. The van der Waals surface area contributed by atoms with E-state index in [1.807, 2.05) is 54.6 Å². The van der Waals surface area contributed by atoms with Gasteiger partial charge in [-0.2, -0.15) is 0 Å². The molecule has 0 radical (unpaired) electrons. The zero-order valence-corrected chi connectivity index (χ0v) is 21.4. The van der Waals surface area contributed by atoms with Gasteiger partial charge in [0.05, 0.1) is 25.3 Å². The predicted molar refractivity (Wildman–Crippen MR) is 144 cm³/mol. The molecule has 192 valence electrons. The van der Waals surface area contributed by atoms with Crippen LogP contribution in [-0.4, -0.2) is 42.0 Å². The van der Waals surface area contributed by atoms with E-state index in [0.717, 1.165) is 36.1 Å². The first-order valence-electron chi connectivity index (χ1n) is 12.7. The number of methoxy groups -OCH3 is 1.